The molecular formula is C15H23NO4S. The first kappa shape index (κ1) is 17.5. The topological polar surface area (TPSA) is 75.6 Å². The van der Waals surface area contributed by atoms with Crippen molar-refractivity contribution in [1.82, 2.24) is 5.32 Å². The molecule has 0 aliphatic rings. The van der Waals surface area contributed by atoms with Crippen molar-refractivity contribution in [2.75, 3.05) is 6.54 Å². The van der Waals surface area contributed by atoms with E-state index in [0.29, 0.717) is 6.54 Å². The Bertz CT molecular complexity index is 484. The highest BCUT2D eigenvalue weighted by Crippen LogP contribution is 2.30. The van der Waals surface area contributed by atoms with Gasteiger partial charge in [-0.1, -0.05) is 26.7 Å². The Hall–Kier alpha value is -1.56. The number of unbranched alkanes of at least 4 members (excludes halogenated alkanes) is 2. The molecule has 118 valence electrons. The number of carboxylic acids is 1. The van der Waals surface area contributed by atoms with Gasteiger partial charge in [-0.25, -0.2) is 4.79 Å². The van der Waals surface area contributed by atoms with E-state index in [4.69, 9.17) is 9.84 Å². The molecule has 21 heavy (non-hydrogen) atoms. The van der Waals surface area contributed by atoms with E-state index in [2.05, 4.69) is 12.2 Å². The number of hydrogen-bond acceptors (Lipinski definition) is 4. The van der Waals surface area contributed by atoms with Crippen LogP contribution < -0.4 is 10.1 Å². The number of carbonyl (C=O) groups excluding carboxylic acids is 1. The molecule has 0 saturated heterocycles. The minimum atomic E-state index is -1.02. The van der Waals surface area contributed by atoms with E-state index in [0.717, 1.165) is 30.6 Å². The molecule has 5 nitrogen and oxygen atoms in total. The van der Waals surface area contributed by atoms with Gasteiger partial charge in [0, 0.05) is 11.4 Å². The van der Waals surface area contributed by atoms with Gasteiger partial charge in [0.1, 0.15) is 5.75 Å². The summed E-state index contributed by atoms with van der Waals surface area (Å²) >= 11 is 1.19. The van der Waals surface area contributed by atoms with Gasteiger partial charge in [0.25, 0.3) is 5.91 Å². The van der Waals surface area contributed by atoms with E-state index < -0.39 is 12.1 Å². The number of aryl methyl sites for hydroxylation is 1. The van der Waals surface area contributed by atoms with E-state index in [9.17, 15) is 9.59 Å². The standard InChI is InChI=1S/C15H23NO4S/c1-4-6-7-8-16-14(17)10(3)20-12-9-11(5-2)21-13(12)15(18)19/h9-10H,4-8H2,1-3H3,(H,16,17)(H,18,19). The maximum absolute atomic E-state index is 11.9. The molecule has 0 bridgehead atoms. The first-order valence-electron chi connectivity index (χ1n) is 7.29. The average molecular weight is 313 g/mol. The molecule has 0 fully saturated rings. The maximum Gasteiger partial charge on any atom is 0.349 e. The highest BCUT2D eigenvalue weighted by Gasteiger charge is 2.21. The number of carbonyl (C=O) groups is 2. The van der Waals surface area contributed by atoms with Crippen molar-refractivity contribution in [2.45, 2.75) is 52.6 Å². The minimum Gasteiger partial charge on any atom is -0.479 e. The monoisotopic (exact) mass is 313 g/mol. The molecule has 1 aromatic rings. The summed E-state index contributed by atoms with van der Waals surface area (Å²) in [6.45, 7) is 6.30. The summed E-state index contributed by atoms with van der Waals surface area (Å²) in [4.78, 5) is 24.1. The number of aromatic carboxylic acids is 1. The first-order chi connectivity index (χ1) is 9.99. The minimum absolute atomic E-state index is 0.150. The molecule has 0 aliphatic carbocycles. The van der Waals surface area contributed by atoms with Crippen LogP contribution in [0.1, 0.15) is 54.6 Å². The van der Waals surface area contributed by atoms with E-state index in [-0.39, 0.29) is 16.5 Å². The van der Waals surface area contributed by atoms with Gasteiger partial charge >= 0.3 is 5.97 Å². The number of nitrogens with one attached hydrogen (secondary N) is 1. The fraction of sp³-hybridized carbons (Fsp3) is 0.600. The molecule has 2 N–H and O–H groups in total. The molecule has 0 aliphatic heterocycles. The summed E-state index contributed by atoms with van der Waals surface area (Å²) in [6, 6.07) is 1.70. The molecule has 0 radical (unpaired) electrons. The maximum atomic E-state index is 11.9. The predicted molar refractivity (Wildman–Crippen MR) is 83.3 cm³/mol. The Balaban J connectivity index is 2.61. The van der Waals surface area contributed by atoms with Gasteiger partial charge in [-0.05, 0) is 25.8 Å². The summed E-state index contributed by atoms with van der Waals surface area (Å²) in [6.07, 6.45) is 3.14. The number of carboxylic acid groups (broad SMARTS) is 1. The van der Waals surface area contributed by atoms with Gasteiger partial charge in [-0.3, -0.25) is 4.79 Å². The van der Waals surface area contributed by atoms with Gasteiger partial charge in [-0.15, -0.1) is 11.3 Å². The number of thiophene rings is 1. The van der Waals surface area contributed by atoms with E-state index in [1.54, 1.807) is 13.0 Å². The largest absolute Gasteiger partial charge is 0.479 e. The van der Waals surface area contributed by atoms with Crippen molar-refractivity contribution in [3.63, 3.8) is 0 Å². The second-order valence-corrected chi connectivity index (χ2v) is 5.96. The second kappa shape index (κ2) is 8.67. The molecule has 1 aromatic heterocycles. The molecule has 1 rings (SSSR count). The third kappa shape index (κ3) is 5.38. The third-order valence-corrected chi connectivity index (χ3v) is 4.29. The molecule has 0 spiro atoms. The second-order valence-electron chi connectivity index (χ2n) is 4.82. The van der Waals surface area contributed by atoms with Crippen molar-refractivity contribution in [1.29, 1.82) is 0 Å². The fourth-order valence-electron chi connectivity index (χ4n) is 1.81. The average Bonchev–Trinajstić information content (AvgIpc) is 2.86. The number of amides is 1. The van der Waals surface area contributed by atoms with E-state index in [1.807, 2.05) is 6.92 Å². The summed E-state index contributed by atoms with van der Waals surface area (Å²) in [5.41, 5.74) is 0. The van der Waals surface area contributed by atoms with Crippen LogP contribution in [0.25, 0.3) is 0 Å². The molecule has 1 amide bonds. The summed E-state index contributed by atoms with van der Waals surface area (Å²) in [7, 11) is 0. The zero-order valence-electron chi connectivity index (χ0n) is 12.8. The van der Waals surface area contributed by atoms with Gasteiger partial charge in [0.2, 0.25) is 0 Å². The lowest BCUT2D eigenvalue weighted by atomic mass is 10.2. The highest BCUT2D eigenvalue weighted by atomic mass is 32.1. The SMILES string of the molecule is CCCCCNC(=O)C(C)Oc1cc(CC)sc1C(=O)O. The van der Waals surface area contributed by atoms with Crippen molar-refractivity contribution in [3.05, 3.63) is 15.8 Å². The van der Waals surface area contributed by atoms with Crippen molar-refractivity contribution < 1.29 is 19.4 Å². The van der Waals surface area contributed by atoms with Crippen LogP contribution in [-0.4, -0.2) is 29.6 Å². The summed E-state index contributed by atoms with van der Waals surface area (Å²) in [5, 5.41) is 12.0. The summed E-state index contributed by atoms with van der Waals surface area (Å²) in [5.74, 6) is -0.961. The van der Waals surface area contributed by atoms with Crippen LogP contribution in [0.5, 0.6) is 5.75 Å². The lowest BCUT2D eigenvalue weighted by molar-refractivity contribution is -0.127. The molecular weight excluding hydrogens is 290 g/mol. The van der Waals surface area contributed by atoms with Gasteiger partial charge in [0.15, 0.2) is 11.0 Å². The zero-order valence-corrected chi connectivity index (χ0v) is 13.6. The van der Waals surface area contributed by atoms with Crippen LogP contribution in [0.15, 0.2) is 6.07 Å². The van der Waals surface area contributed by atoms with E-state index in [1.165, 1.54) is 11.3 Å². The van der Waals surface area contributed by atoms with Crippen molar-refractivity contribution in [3.8, 4) is 5.75 Å². The van der Waals surface area contributed by atoms with Crippen LogP contribution in [0.3, 0.4) is 0 Å². The fourth-order valence-corrected chi connectivity index (χ4v) is 2.68. The number of rotatable bonds is 9. The molecule has 1 heterocycles. The van der Waals surface area contributed by atoms with Crippen LogP contribution >= 0.6 is 11.3 Å². The van der Waals surface area contributed by atoms with Gasteiger partial charge < -0.3 is 15.2 Å². The number of ether oxygens (including phenoxy) is 1. The predicted octanol–water partition coefficient (Wildman–Crippen LogP) is 3.08. The quantitative estimate of drug-likeness (QED) is 0.687. The molecule has 0 aromatic carbocycles. The van der Waals surface area contributed by atoms with Crippen LogP contribution in [0, 0.1) is 0 Å². The van der Waals surface area contributed by atoms with Crippen LogP contribution in [0.4, 0.5) is 0 Å². The Morgan fingerprint density at radius 3 is 2.67 bits per heavy atom. The normalized spacial score (nSPS) is 12.0. The van der Waals surface area contributed by atoms with E-state index >= 15 is 0 Å². The highest BCUT2D eigenvalue weighted by molar-refractivity contribution is 7.14. The molecule has 1 atom stereocenters. The zero-order chi connectivity index (χ0) is 15.8. The molecule has 6 heteroatoms. The lowest BCUT2D eigenvalue weighted by Crippen LogP contribution is -2.36. The Morgan fingerprint density at radius 1 is 1.38 bits per heavy atom. The van der Waals surface area contributed by atoms with Crippen LogP contribution in [0.2, 0.25) is 0 Å². The third-order valence-electron chi connectivity index (χ3n) is 3.04. The Kier molecular flexibility index (Phi) is 7.22. The van der Waals surface area contributed by atoms with Crippen molar-refractivity contribution in [2.24, 2.45) is 0 Å². The van der Waals surface area contributed by atoms with Crippen LogP contribution in [-0.2, 0) is 11.2 Å². The Morgan fingerprint density at radius 2 is 2.10 bits per heavy atom. The lowest BCUT2D eigenvalue weighted by Gasteiger charge is -2.14. The molecule has 0 saturated carbocycles. The first-order valence-corrected chi connectivity index (χ1v) is 8.11. The van der Waals surface area contributed by atoms with Gasteiger partial charge in [0.05, 0.1) is 0 Å². The molecule has 1 unspecified atom stereocenters. The van der Waals surface area contributed by atoms with Crippen molar-refractivity contribution >= 4 is 23.2 Å². The smallest absolute Gasteiger partial charge is 0.349 e. The van der Waals surface area contributed by atoms with Gasteiger partial charge in [-0.2, -0.15) is 0 Å². The Labute approximate surface area is 129 Å². The summed E-state index contributed by atoms with van der Waals surface area (Å²) < 4.78 is 5.53. The number of hydrogen-bond donors (Lipinski definition) is 2.